The molecule has 0 aliphatic carbocycles. The van der Waals surface area contributed by atoms with Crippen LogP contribution >= 0.6 is 63.8 Å². The minimum absolute atomic E-state index is 0. The van der Waals surface area contributed by atoms with Gasteiger partial charge in [0.2, 0.25) is 0 Å². The predicted molar refractivity (Wildman–Crippen MR) is 215 cm³/mol. The Morgan fingerprint density at radius 2 is 0.509 bits per heavy atom. The van der Waals surface area contributed by atoms with Crippen LogP contribution in [0.3, 0.4) is 0 Å². The van der Waals surface area contributed by atoms with E-state index in [4.69, 9.17) is 71.0 Å². The molecule has 0 bridgehead atoms. The summed E-state index contributed by atoms with van der Waals surface area (Å²) >= 11 is 15.7. The number of benzene rings is 4. The molecule has 57 heavy (non-hydrogen) atoms. The quantitative estimate of drug-likeness (QED) is 0.0556. The van der Waals surface area contributed by atoms with E-state index in [-0.39, 0.29) is 42.1 Å². The van der Waals surface area contributed by atoms with Gasteiger partial charge in [-0.3, -0.25) is 0 Å². The van der Waals surface area contributed by atoms with E-state index in [0.29, 0.717) is 0 Å². The second kappa shape index (κ2) is 68.1. The molecule has 0 saturated heterocycles. The van der Waals surface area contributed by atoms with Gasteiger partial charge in [0.15, 0.2) is 7.88 Å². The number of rotatable bonds is 10. The van der Waals surface area contributed by atoms with E-state index >= 15 is 0 Å². The van der Waals surface area contributed by atoms with E-state index in [1.165, 1.54) is 21.2 Å². The van der Waals surface area contributed by atoms with Crippen molar-refractivity contribution < 1.29 is 88.7 Å². The summed E-state index contributed by atoms with van der Waals surface area (Å²) in [6.45, 7) is 45.0. The molecule has 0 unspecified atom stereocenters. The van der Waals surface area contributed by atoms with Gasteiger partial charge in [-0.05, 0) is 79.4 Å². The Hall–Kier alpha value is -2.60. The van der Waals surface area contributed by atoms with Crippen molar-refractivity contribution in [3.63, 3.8) is 0 Å². The standard InChI is InChI=1S/C29H26P2S4.10CO.2W/c32-28(30(24-14-5-1-6-15-24)25-16-7-2-8-17-25)34-22-13-23-35-29(33)31(26-18-9-3-10-19-26)27-20-11-4-12-21-27;10*1-2;;/h1-12,14-21H,13,22-23H2;;;;;;;;;;;;/p+2. The minimum Gasteiger partial charge on any atom is 0 e. The first-order valence-electron chi connectivity index (χ1n) is 13.6. The number of hydrogen-bond donors (Lipinski definition) is 0. The third-order valence-corrected chi connectivity index (χ3v) is 15.4. The van der Waals surface area contributed by atoms with Crippen molar-refractivity contribution in [1.29, 1.82) is 0 Å². The molecule has 0 radical (unpaired) electrons. The molecule has 0 spiro atoms. The van der Waals surface area contributed by atoms with Crippen LogP contribution < -0.4 is 21.2 Å². The van der Waals surface area contributed by atoms with Gasteiger partial charge in [-0.2, -0.15) is 0 Å². The fraction of sp³-hybridized carbons (Fsp3) is 0.0769. The molecule has 0 aromatic heterocycles. The molecule has 0 aliphatic heterocycles. The zero-order valence-electron chi connectivity index (χ0n) is 29.2. The molecule has 4 rings (SSSR count). The van der Waals surface area contributed by atoms with Crippen molar-refractivity contribution in [1.82, 2.24) is 0 Å². The van der Waals surface area contributed by atoms with E-state index in [2.05, 4.69) is 188 Å². The molecule has 0 amide bonds. The first-order chi connectivity index (χ1) is 27.2. The summed E-state index contributed by atoms with van der Waals surface area (Å²) in [6, 6.07) is 43.0. The molecule has 0 N–H and O–H groups in total. The fourth-order valence-corrected chi connectivity index (χ4v) is 13.7. The zero-order valence-corrected chi connectivity index (χ0v) is 40.3. The predicted octanol–water partition coefficient (Wildman–Crippen LogP) is 6.76. The van der Waals surface area contributed by atoms with Gasteiger partial charge in [-0.1, -0.05) is 96.3 Å². The van der Waals surface area contributed by atoms with Crippen molar-refractivity contribution in [3.8, 4) is 0 Å². The van der Waals surface area contributed by atoms with Gasteiger partial charge in [0.1, 0.15) is 37.1 Å². The van der Waals surface area contributed by atoms with Crippen LogP contribution in [-0.4, -0.2) is 19.4 Å². The van der Waals surface area contributed by atoms with E-state index in [1.807, 2.05) is 23.5 Å². The number of thioether (sulfide) groups is 2. The van der Waals surface area contributed by atoms with Gasteiger partial charge in [0, 0.05) is 53.6 Å². The maximum absolute atomic E-state index is 7.50. The molecular weight excluding hydrogens is 1190 g/mol. The molecule has 0 atom stereocenters. The first-order valence-corrected chi connectivity index (χ1v) is 19.4. The molecule has 0 aliphatic rings. The van der Waals surface area contributed by atoms with Crippen molar-refractivity contribution >= 4 is 92.9 Å². The van der Waals surface area contributed by atoms with Crippen LogP contribution in [0.2, 0.25) is 0 Å². The molecule has 4 aromatic rings. The van der Waals surface area contributed by atoms with Crippen LogP contribution in [0.4, 0.5) is 0 Å². The summed E-state index contributed by atoms with van der Waals surface area (Å²) in [6.07, 6.45) is 1.09. The molecule has 0 saturated carbocycles. The maximum atomic E-state index is 7.50. The van der Waals surface area contributed by atoms with Crippen LogP contribution in [-0.2, 0) is 88.7 Å². The minimum atomic E-state index is -1.10. The SMILES string of the molecule is S=C(SCCCSC(=S)[PH+](c1ccccc1)c1ccccc1)[PH+](c1ccccc1)c1ccccc1.[C-]#[O+].[C-]#[O+].[C-]#[O+].[C-]#[O+].[C-]#[O+].[C-]#[O+].[C-]#[O+].[C-]#[O+].[C-]#[O+].[C-]#[O+].[W].[W]. The maximum Gasteiger partial charge on any atom is 0 e. The molecule has 0 heterocycles. The summed E-state index contributed by atoms with van der Waals surface area (Å²) in [7, 11) is -2.20. The Kier molecular flexibility index (Phi) is 89.9. The summed E-state index contributed by atoms with van der Waals surface area (Å²) < 4.78 is 77.3. The first kappa shape index (κ1) is 75.3. The second-order valence-corrected chi connectivity index (χ2v) is 17.6. The van der Waals surface area contributed by atoms with Gasteiger partial charge in [0.05, 0.1) is 0 Å². The van der Waals surface area contributed by atoms with E-state index in [1.54, 1.807) is 0 Å². The molecular formula is C39H28O10P2S4W2+2. The molecule has 10 nitrogen and oxygen atoms in total. The van der Waals surface area contributed by atoms with Gasteiger partial charge >= 0.3 is 113 Å². The van der Waals surface area contributed by atoms with E-state index in [0.717, 1.165) is 25.8 Å². The van der Waals surface area contributed by atoms with Gasteiger partial charge in [0.25, 0.3) is 0 Å². The van der Waals surface area contributed by atoms with E-state index < -0.39 is 15.8 Å². The van der Waals surface area contributed by atoms with Crippen molar-refractivity contribution in [2.45, 2.75) is 6.42 Å². The van der Waals surface area contributed by atoms with Gasteiger partial charge in [-0.15, -0.1) is 0 Å². The summed E-state index contributed by atoms with van der Waals surface area (Å²) in [5.74, 6) is 2.06. The van der Waals surface area contributed by atoms with Crippen molar-refractivity contribution in [3.05, 3.63) is 188 Å². The molecule has 18 heteroatoms. The largest absolute Gasteiger partial charge is 0 e. The van der Waals surface area contributed by atoms with Crippen LogP contribution in [0, 0.1) is 66.5 Å². The van der Waals surface area contributed by atoms with Crippen LogP contribution in [0.25, 0.3) is 0 Å². The monoisotopic (exact) mass is 1210 g/mol. The fourth-order valence-electron chi connectivity index (χ4n) is 3.76. The van der Waals surface area contributed by atoms with Gasteiger partial charge < -0.3 is 0 Å². The van der Waals surface area contributed by atoms with Crippen LogP contribution in [0.1, 0.15) is 6.42 Å². The molecule has 288 valence electrons. The smallest absolute Gasteiger partial charge is 0 e. The Morgan fingerprint density at radius 1 is 0.351 bits per heavy atom. The summed E-state index contributed by atoms with van der Waals surface area (Å²) in [5, 5.41) is 5.42. The Bertz CT molecular complexity index is 1430. The van der Waals surface area contributed by atoms with Crippen molar-refractivity contribution in [2.75, 3.05) is 11.5 Å². The summed E-state index contributed by atoms with van der Waals surface area (Å²) in [5.41, 5.74) is 0. The third kappa shape index (κ3) is 37.4. The Morgan fingerprint density at radius 3 is 0.667 bits per heavy atom. The van der Waals surface area contributed by atoms with Crippen LogP contribution in [0.5, 0.6) is 0 Å². The Balaban J connectivity index is -0.000000131. The van der Waals surface area contributed by atoms with E-state index in [9.17, 15) is 0 Å². The summed E-state index contributed by atoms with van der Waals surface area (Å²) in [4.78, 5) is 0. The Labute approximate surface area is 384 Å². The number of hydrogen-bond acceptors (Lipinski definition) is 4. The topological polar surface area (TPSA) is 199 Å². The van der Waals surface area contributed by atoms with Crippen LogP contribution in [0.15, 0.2) is 121 Å². The van der Waals surface area contributed by atoms with Gasteiger partial charge in [-0.25, -0.2) is 0 Å². The second-order valence-electron chi connectivity index (χ2n) is 7.84. The normalized spacial score (nSPS) is 7.12. The van der Waals surface area contributed by atoms with Crippen molar-refractivity contribution in [2.24, 2.45) is 0 Å². The molecule has 4 aromatic carbocycles. The zero-order chi connectivity index (χ0) is 44.3. The third-order valence-electron chi connectivity index (χ3n) is 5.41. The molecule has 0 fully saturated rings. The average Bonchev–Trinajstić information content (AvgIpc) is 3.32. The average molecular weight is 1210 g/mol. The number of thiocarbonyl (C=S) groups is 2.